The predicted octanol–water partition coefficient (Wildman–Crippen LogP) is 3.27. The van der Waals surface area contributed by atoms with Gasteiger partial charge in [0.05, 0.1) is 11.7 Å². The second-order valence-corrected chi connectivity index (χ2v) is 7.23. The summed E-state index contributed by atoms with van der Waals surface area (Å²) in [6, 6.07) is 9.36. The fraction of sp³-hybridized carbons (Fsp3) is 0.333. The lowest BCUT2D eigenvalue weighted by Crippen LogP contribution is -2.55. The molecule has 1 aliphatic rings. The largest absolute Gasteiger partial charge is 0.490 e. The van der Waals surface area contributed by atoms with E-state index in [2.05, 4.69) is 5.32 Å². The third-order valence-corrected chi connectivity index (χ3v) is 4.73. The van der Waals surface area contributed by atoms with Gasteiger partial charge in [-0.15, -0.1) is 0 Å². The Kier molecular flexibility index (Phi) is 4.91. The van der Waals surface area contributed by atoms with Crippen molar-refractivity contribution in [3.8, 4) is 5.75 Å². The number of para-hydroxylation sites is 1. The first-order valence-electron chi connectivity index (χ1n) is 8.81. The zero-order valence-electron chi connectivity index (χ0n) is 15.5. The number of ether oxygens (including phenoxy) is 1. The highest BCUT2D eigenvalue weighted by atomic mass is 19.1. The van der Waals surface area contributed by atoms with E-state index in [1.54, 1.807) is 18.2 Å². The van der Waals surface area contributed by atoms with E-state index in [4.69, 9.17) is 4.74 Å². The summed E-state index contributed by atoms with van der Waals surface area (Å²) in [5.74, 6) is -1.66. The van der Waals surface area contributed by atoms with Crippen LogP contribution in [0.25, 0.3) is 0 Å². The third kappa shape index (κ3) is 3.65. The van der Waals surface area contributed by atoms with Crippen molar-refractivity contribution in [1.82, 2.24) is 5.32 Å². The lowest BCUT2D eigenvalue weighted by molar-refractivity contribution is -0.144. The standard InChI is InChI=1S/C21H22FNO4/c1-12(2)27-18-13(3)5-4-6-17(18)19(24)23-21(20(25)26)10-14-7-8-16(22)9-15(14)11-21/h4-9,12H,10-11H2,1-3H3,(H,23,24)(H,25,26). The van der Waals surface area contributed by atoms with Crippen LogP contribution in [0.1, 0.15) is 40.9 Å². The van der Waals surface area contributed by atoms with E-state index in [-0.39, 0.29) is 24.5 Å². The minimum absolute atomic E-state index is 0.0351. The summed E-state index contributed by atoms with van der Waals surface area (Å²) >= 11 is 0. The molecule has 2 aromatic carbocycles. The van der Waals surface area contributed by atoms with E-state index in [0.29, 0.717) is 11.3 Å². The summed E-state index contributed by atoms with van der Waals surface area (Å²) in [5.41, 5.74) is 0.887. The van der Waals surface area contributed by atoms with Gasteiger partial charge in [0.2, 0.25) is 0 Å². The van der Waals surface area contributed by atoms with E-state index >= 15 is 0 Å². The first-order valence-corrected chi connectivity index (χ1v) is 8.81. The molecule has 0 saturated heterocycles. The number of fused-ring (bicyclic) bond motifs is 1. The Balaban J connectivity index is 1.93. The van der Waals surface area contributed by atoms with Gasteiger partial charge in [-0.2, -0.15) is 0 Å². The summed E-state index contributed by atoms with van der Waals surface area (Å²) < 4.78 is 19.3. The van der Waals surface area contributed by atoms with Crippen molar-refractivity contribution in [2.45, 2.75) is 45.3 Å². The normalized spacial score (nSPS) is 18.3. The fourth-order valence-electron chi connectivity index (χ4n) is 3.45. The van der Waals surface area contributed by atoms with Gasteiger partial charge in [0, 0.05) is 12.8 Å². The van der Waals surface area contributed by atoms with Crippen LogP contribution in [0.3, 0.4) is 0 Å². The molecule has 0 aromatic heterocycles. The summed E-state index contributed by atoms with van der Waals surface area (Å²) in [5, 5.41) is 12.5. The van der Waals surface area contributed by atoms with E-state index in [0.717, 1.165) is 11.1 Å². The molecule has 2 N–H and O–H groups in total. The SMILES string of the molecule is Cc1cccc(C(=O)NC2(C(=O)O)Cc3ccc(F)cc3C2)c1OC(C)C. The Labute approximate surface area is 157 Å². The van der Waals surface area contributed by atoms with Crippen molar-refractivity contribution >= 4 is 11.9 Å². The minimum Gasteiger partial charge on any atom is -0.490 e. The van der Waals surface area contributed by atoms with Crippen LogP contribution in [0.2, 0.25) is 0 Å². The van der Waals surface area contributed by atoms with Crippen molar-refractivity contribution in [3.05, 3.63) is 64.5 Å². The zero-order valence-corrected chi connectivity index (χ0v) is 15.5. The average Bonchev–Trinajstić information content (AvgIpc) is 2.94. The van der Waals surface area contributed by atoms with Crippen LogP contribution in [0, 0.1) is 12.7 Å². The topological polar surface area (TPSA) is 75.6 Å². The molecule has 1 atom stereocenters. The van der Waals surface area contributed by atoms with Gasteiger partial charge in [-0.3, -0.25) is 4.79 Å². The molecule has 0 radical (unpaired) electrons. The summed E-state index contributed by atoms with van der Waals surface area (Å²) in [6.45, 7) is 5.54. The zero-order chi connectivity index (χ0) is 19.8. The van der Waals surface area contributed by atoms with E-state index in [1.165, 1.54) is 12.1 Å². The van der Waals surface area contributed by atoms with Gasteiger partial charge in [0.15, 0.2) is 0 Å². The second kappa shape index (κ2) is 7.02. The molecule has 0 bridgehead atoms. The molecule has 2 aromatic rings. The highest BCUT2D eigenvalue weighted by Crippen LogP contribution is 2.32. The molecular weight excluding hydrogens is 349 g/mol. The van der Waals surface area contributed by atoms with Gasteiger partial charge in [-0.05, 0) is 55.7 Å². The fourth-order valence-corrected chi connectivity index (χ4v) is 3.45. The Hall–Kier alpha value is -2.89. The van der Waals surface area contributed by atoms with Crippen LogP contribution in [-0.4, -0.2) is 28.6 Å². The lowest BCUT2D eigenvalue weighted by atomic mass is 9.95. The Morgan fingerprint density at radius 3 is 2.56 bits per heavy atom. The summed E-state index contributed by atoms with van der Waals surface area (Å²) in [7, 11) is 0. The van der Waals surface area contributed by atoms with Gasteiger partial charge in [-0.1, -0.05) is 18.2 Å². The quantitative estimate of drug-likeness (QED) is 0.846. The molecule has 27 heavy (non-hydrogen) atoms. The molecule has 5 nitrogen and oxygen atoms in total. The number of carbonyl (C=O) groups excluding carboxylic acids is 1. The first kappa shape index (κ1) is 18.9. The highest BCUT2D eigenvalue weighted by Gasteiger charge is 2.46. The number of hydrogen-bond donors (Lipinski definition) is 2. The summed E-state index contributed by atoms with van der Waals surface area (Å²) in [6.07, 6.45) is 0.00764. The Morgan fingerprint density at radius 1 is 1.19 bits per heavy atom. The summed E-state index contributed by atoms with van der Waals surface area (Å²) in [4.78, 5) is 25.0. The van der Waals surface area contributed by atoms with Gasteiger partial charge in [0.1, 0.15) is 17.1 Å². The number of aliphatic carboxylic acids is 1. The third-order valence-electron chi connectivity index (χ3n) is 4.73. The number of nitrogens with one attached hydrogen (secondary N) is 1. The maximum absolute atomic E-state index is 13.5. The monoisotopic (exact) mass is 371 g/mol. The number of amides is 1. The second-order valence-electron chi connectivity index (χ2n) is 7.23. The van der Waals surface area contributed by atoms with Gasteiger partial charge in [0.25, 0.3) is 5.91 Å². The number of carbonyl (C=O) groups is 2. The molecule has 1 aliphatic carbocycles. The maximum atomic E-state index is 13.5. The molecule has 1 amide bonds. The minimum atomic E-state index is -1.51. The van der Waals surface area contributed by atoms with Crippen molar-refractivity contribution in [1.29, 1.82) is 0 Å². The number of halogens is 1. The van der Waals surface area contributed by atoms with Crippen molar-refractivity contribution in [2.75, 3.05) is 0 Å². The molecule has 0 aliphatic heterocycles. The molecular formula is C21H22FNO4. The van der Waals surface area contributed by atoms with Crippen LogP contribution in [0.5, 0.6) is 5.75 Å². The smallest absolute Gasteiger partial charge is 0.330 e. The van der Waals surface area contributed by atoms with Crippen LogP contribution >= 0.6 is 0 Å². The molecule has 1 unspecified atom stereocenters. The molecule has 6 heteroatoms. The number of carboxylic acid groups (broad SMARTS) is 1. The average molecular weight is 371 g/mol. The van der Waals surface area contributed by atoms with Crippen LogP contribution in [-0.2, 0) is 17.6 Å². The van der Waals surface area contributed by atoms with E-state index < -0.39 is 23.2 Å². The van der Waals surface area contributed by atoms with Crippen molar-refractivity contribution in [2.24, 2.45) is 0 Å². The van der Waals surface area contributed by atoms with Crippen molar-refractivity contribution in [3.63, 3.8) is 0 Å². The van der Waals surface area contributed by atoms with Gasteiger partial charge >= 0.3 is 5.97 Å². The Morgan fingerprint density at radius 2 is 1.89 bits per heavy atom. The molecule has 0 spiro atoms. The lowest BCUT2D eigenvalue weighted by Gasteiger charge is -2.26. The highest BCUT2D eigenvalue weighted by molar-refractivity contribution is 6.00. The Bertz CT molecular complexity index is 909. The molecule has 3 rings (SSSR count). The van der Waals surface area contributed by atoms with Crippen LogP contribution < -0.4 is 10.1 Å². The number of rotatable bonds is 5. The number of aryl methyl sites for hydroxylation is 1. The van der Waals surface area contributed by atoms with E-state index in [9.17, 15) is 19.1 Å². The van der Waals surface area contributed by atoms with Crippen LogP contribution in [0.15, 0.2) is 36.4 Å². The predicted molar refractivity (Wildman–Crippen MR) is 98.6 cm³/mol. The molecule has 0 saturated carbocycles. The van der Waals surface area contributed by atoms with Crippen molar-refractivity contribution < 1.29 is 23.8 Å². The molecule has 142 valence electrons. The van der Waals surface area contributed by atoms with E-state index in [1.807, 2.05) is 26.8 Å². The van der Waals surface area contributed by atoms with Gasteiger partial charge < -0.3 is 15.2 Å². The number of hydrogen-bond acceptors (Lipinski definition) is 3. The maximum Gasteiger partial charge on any atom is 0.330 e. The van der Waals surface area contributed by atoms with Crippen LogP contribution in [0.4, 0.5) is 4.39 Å². The number of carboxylic acids is 1. The van der Waals surface area contributed by atoms with Gasteiger partial charge in [-0.25, -0.2) is 9.18 Å². The number of benzene rings is 2. The molecule has 0 heterocycles. The first-order chi connectivity index (χ1) is 12.7. The molecule has 0 fully saturated rings.